The molecular formula is C18H24N2O5S. The molecule has 3 rings (SSSR count). The summed E-state index contributed by atoms with van der Waals surface area (Å²) < 4.78 is 15.3. The number of amides is 2. The highest BCUT2D eigenvalue weighted by Crippen LogP contribution is 2.58. The predicted octanol–water partition coefficient (Wildman–Crippen LogP) is 1.81. The highest BCUT2D eigenvalue weighted by molar-refractivity contribution is 8.01. The van der Waals surface area contributed by atoms with E-state index in [-0.39, 0.29) is 17.2 Å². The van der Waals surface area contributed by atoms with E-state index in [1.165, 1.54) is 14.2 Å². The zero-order valence-electron chi connectivity index (χ0n) is 15.6. The van der Waals surface area contributed by atoms with Gasteiger partial charge in [-0.15, -0.1) is 11.8 Å². The van der Waals surface area contributed by atoms with Crippen LogP contribution in [0.4, 0.5) is 0 Å². The number of hydrogen-bond donors (Lipinski definition) is 1. The first-order valence-corrected chi connectivity index (χ1v) is 9.27. The second kappa shape index (κ2) is 7.00. The Kier molecular flexibility index (Phi) is 5.07. The third-order valence-corrected chi connectivity index (χ3v) is 6.29. The number of nitrogens with zero attached hydrogens (tertiary/aromatic N) is 1. The van der Waals surface area contributed by atoms with Crippen LogP contribution in [0.1, 0.15) is 35.1 Å². The largest absolute Gasteiger partial charge is 0.493 e. The number of methoxy groups -OCH3 is 3. The number of carbonyl (C=O) groups is 2. The molecule has 2 heterocycles. The number of fused-ring (bicyclic) bond motifs is 3. The fourth-order valence-corrected chi connectivity index (χ4v) is 5.21. The van der Waals surface area contributed by atoms with Gasteiger partial charge in [-0.3, -0.25) is 9.59 Å². The third-order valence-electron chi connectivity index (χ3n) is 4.75. The number of hydrogen-bond acceptors (Lipinski definition) is 6. The van der Waals surface area contributed by atoms with Crippen LogP contribution >= 0.6 is 11.8 Å². The van der Waals surface area contributed by atoms with E-state index >= 15 is 0 Å². The number of benzene rings is 1. The van der Waals surface area contributed by atoms with Gasteiger partial charge in [-0.05, 0) is 19.9 Å². The van der Waals surface area contributed by atoms with Crippen LogP contribution < -0.4 is 14.8 Å². The molecule has 142 valence electrons. The molecule has 1 fully saturated rings. The Morgan fingerprint density at radius 1 is 1.27 bits per heavy atom. The van der Waals surface area contributed by atoms with Crippen molar-refractivity contribution in [1.29, 1.82) is 0 Å². The van der Waals surface area contributed by atoms with Crippen molar-refractivity contribution in [2.24, 2.45) is 0 Å². The summed E-state index contributed by atoms with van der Waals surface area (Å²) in [4.78, 5) is 27.7. The van der Waals surface area contributed by atoms with E-state index in [0.29, 0.717) is 30.2 Å². The number of nitrogens with one attached hydrogen (secondary N) is 1. The summed E-state index contributed by atoms with van der Waals surface area (Å²) >= 11 is 1.61. The Labute approximate surface area is 157 Å². The molecule has 1 N–H and O–H groups in total. The predicted molar refractivity (Wildman–Crippen MR) is 98.8 cm³/mol. The van der Waals surface area contributed by atoms with E-state index in [1.54, 1.807) is 29.8 Å². The van der Waals surface area contributed by atoms with Gasteiger partial charge in [0, 0.05) is 24.0 Å². The van der Waals surface area contributed by atoms with Gasteiger partial charge in [-0.2, -0.15) is 0 Å². The Hall–Kier alpha value is -1.93. The van der Waals surface area contributed by atoms with E-state index in [0.717, 1.165) is 5.56 Å². The Balaban J connectivity index is 1.98. The van der Waals surface area contributed by atoms with E-state index in [1.807, 2.05) is 19.9 Å². The summed E-state index contributed by atoms with van der Waals surface area (Å²) in [5, 5.41) is 2.65. The highest BCUT2D eigenvalue weighted by atomic mass is 32.2. The quantitative estimate of drug-likeness (QED) is 0.759. The van der Waals surface area contributed by atoms with Crippen molar-refractivity contribution in [3.05, 3.63) is 23.3 Å². The smallest absolute Gasteiger partial charge is 0.260 e. The molecule has 0 saturated carbocycles. The normalized spacial score (nSPS) is 22.8. The molecule has 0 aromatic heterocycles. The van der Waals surface area contributed by atoms with E-state index < -0.39 is 10.8 Å². The first kappa shape index (κ1) is 18.8. The SMILES string of the molecule is COCCNC(=O)[C@@H]1N2C(=O)c3c(ccc(OC)c3OC)[C@@H]2SC1(C)C. The van der Waals surface area contributed by atoms with Crippen molar-refractivity contribution >= 4 is 23.6 Å². The summed E-state index contributed by atoms with van der Waals surface area (Å²) in [6.45, 7) is 4.81. The molecule has 0 aliphatic carbocycles. The van der Waals surface area contributed by atoms with Gasteiger partial charge in [0.2, 0.25) is 5.91 Å². The molecule has 1 saturated heterocycles. The number of ether oxygens (including phenoxy) is 3. The average molecular weight is 380 g/mol. The fraction of sp³-hybridized carbons (Fsp3) is 0.556. The zero-order valence-corrected chi connectivity index (χ0v) is 16.4. The molecule has 0 spiro atoms. The Bertz CT molecular complexity index is 737. The summed E-state index contributed by atoms with van der Waals surface area (Å²) in [6, 6.07) is 3.10. The molecule has 26 heavy (non-hydrogen) atoms. The second-order valence-electron chi connectivity index (χ2n) is 6.74. The van der Waals surface area contributed by atoms with Gasteiger partial charge in [0.15, 0.2) is 11.5 Å². The lowest BCUT2D eigenvalue weighted by Gasteiger charge is -2.29. The minimum atomic E-state index is -0.579. The monoisotopic (exact) mass is 380 g/mol. The molecule has 8 heteroatoms. The fourth-order valence-electron chi connectivity index (χ4n) is 3.63. The van der Waals surface area contributed by atoms with Gasteiger partial charge in [-0.25, -0.2) is 0 Å². The lowest BCUT2D eigenvalue weighted by molar-refractivity contribution is -0.126. The molecular weight excluding hydrogens is 356 g/mol. The van der Waals surface area contributed by atoms with Crippen molar-refractivity contribution in [1.82, 2.24) is 10.2 Å². The van der Waals surface area contributed by atoms with Crippen LogP contribution in [-0.4, -0.2) is 62.0 Å². The molecule has 2 aliphatic heterocycles. The standard InChI is InChI=1S/C18H24N2O5S/c1-18(2)14(15(21)19-8-9-23-3)20-16(22)12-10(17(20)26-18)6-7-11(24-4)13(12)25-5/h6-7,14,17H,8-9H2,1-5H3,(H,19,21)/t14-,17-/m0/s1. The topological polar surface area (TPSA) is 77.1 Å². The molecule has 7 nitrogen and oxygen atoms in total. The molecule has 1 aromatic carbocycles. The van der Waals surface area contributed by atoms with Crippen LogP contribution in [0, 0.1) is 0 Å². The van der Waals surface area contributed by atoms with Gasteiger partial charge in [0.25, 0.3) is 5.91 Å². The lowest BCUT2D eigenvalue weighted by atomic mass is 10.0. The molecule has 2 aliphatic rings. The lowest BCUT2D eigenvalue weighted by Crippen LogP contribution is -2.52. The van der Waals surface area contributed by atoms with Crippen LogP contribution in [0.25, 0.3) is 0 Å². The minimum absolute atomic E-state index is 0.172. The van der Waals surface area contributed by atoms with Crippen LogP contribution in [0.15, 0.2) is 12.1 Å². The Morgan fingerprint density at radius 3 is 2.62 bits per heavy atom. The molecule has 0 bridgehead atoms. The maximum absolute atomic E-state index is 13.2. The third kappa shape index (κ3) is 2.81. The number of rotatable bonds is 6. The number of thioether (sulfide) groups is 1. The van der Waals surface area contributed by atoms with Gasteiger partial charge in [0.1, 0.15) is 11.4 Å². The van der Waals surface area contributed by atoms with Crippen molar-refractivity contribution < 1.29 is 23.8 Å². The minimum Gasteiger partial charge on any atom is -0.493 e. The van der Waals surface area contributed by atoms with Crippen LogP contribution in [-0.2, 0) is 9.53 Å². The van der Waals surface area contributed by atoms with E-state index in [2.05, 4.69) is 5.32 Å². The van der Waals surface area contributed by atoms with Gasteiger partial charge in [0.05, 0.1) is 26.4 Å². The maximum Gasteiger partial charge on any atom is 0.260 e. The van der Waals surface area contributed by atoms with Gasteiger partial charge >= 0.3 is 0 Å². The van der Waals surface area contributed by atoms with Crippen LogP contribution in [0.2, 0.25) is 0 Å². The number of carbonyl (C=O) groups excluding carboxylic acids is 2. The molecule has 0 radical (unpaired) electrons. The van der Waals surface area contributed by atoms with Gasteiger partial charge in [-0.1, -0.05) is 6.07 Å². The van der Waals surface area contributed by atoms with Gasteiger partial charge < -0.3 is 24.4 Å². The second-order valence-corrected chi connectivity index (χ2v) is 8.47. The van der Waals surface area contributed by atoms with Crippen molar-refractivity contribution in [3.8, 4) is 11.5 Å². The molecule has 0 unspecified atom stereocenters. The highest BCUT2D eigenvalue weighted by Gasteiger charge is 2.58. The summed E-state index contributed by atoms with van der Waals surface area (Å²) in [6.07, 6.45) is 0. The summed E-state index contributed by atoms with van der Waals surface area (Å²) in [7, 11) is 4.63. The van der Waals surface area contributed by atoms with Crippen LogP contribution in [0.3, 0.4) is 0 Å². The van der Waals surface area contributed by atoms with Crippen LogP contribution in [0.5, 0.6) is 11.5 Å². The van der Waals surface area contributed by atoms with Crippen molar-refractivity contribution in [2.75, 3.05) is 34.5 Å². The van der Waals surface area contributed by atoms with E-state index in [9.17, 15) is 9.59 Å². The zero-order chi connectivity index (χ0) is 19.1. The van der Waals surface area contributed by atoms with E-state index in [4.69, 9.17) is 14.2 Å². The maximum atomic E-state index is 13.2. The van der Waals surface area contributed by atoms with Crippen molar-refractivity contribution in [2.45, 2.75) is 30.0 Å². The molecule has 2 atom stereocenters. The summed E-state index contributed by atoms with van der Waals surface area (Å²) in [5.74, 6) is 0.548. The molecule has 1 aromatic rings. The molecule has 2 amide bonds. The first-order chi connectivity index (χ1) is 12.4. The Morgan fingerprint density at radius 2 is 2.00 bits per heavy atom. The van der Waals surface area contributed by atoms with Crippen molar-refractivity contribution in [3.63, 3.8) is 0 Å². The first-order valence-electron chi connectivity index (χ1n) is 8.39. The average Bonchev–Trinajstić information content (AvgIpc) is 3.04. The summed E-state index contributed by atoms with van der Waals surface area (Å²) in [5.41, 5.74) is 1.34.